The van der Waals surface area contributed by atoms with Gasteiger partial charge in [-0.1, -0.05) is 11.8 Å². The number of nitrogens with one attached hydrogen (secondary N) is 2. The van der Waals surface area contributed by atoms with Gasteiger partial charge in [0, 0.05) is 30.7 Å². The third-order valence-electron chi connectivity index (χ3n) is 3.86. The van der Waals surface area contributed by atoms with E-state index in [2.05, 4.69) is 10.3 Å². The number of carbonyl (C=O) groups is 2. The van der Waals surface area contributed by atoms with E-state index in [9.17, 15) is 22.8 Å². The van der Waals surface area contributed by atoms with Crippen molar-refractivity contribution in [3.63, 3.8) is 0 Å². The molecule has 0 fully saturated rings. The Bertz CT molecular complexity index is 1030. The maximum atomic E-state index is 12.3. The molecule has 3 aromatic rings. The highest BCUT2D eigenvalue weighted by Crippen LogP contribution is 2.22. The standard InChI is InChI=1S/C19H17F3N4O3S/c1-26-9-8-23-18(26)30-10-14-6-7-15(29-14)17(28)25-13-4-2-12(3-5-13)16(27)24-11-19(20,21)22/h2-9H,10-11H2,1H3,(H,24,27)(H,25,28). The van der Waals surface area contributed by atoms with Gasteiger partial charge in [0.25, 0.3) is 11.8 Å². The Hall–Kier alpha value is -3.21. The molecular formula is C19H17F3N4O3S. The van der Waals surface area contributed by atoms with Crippen molar-refractivity contribution in [3.8, 4) is 0 Å². The summed E-state index contributed by atoms with van der Waals surface area (Å²) < 4.78 is 43.9. The number of rotatable bonds is 7. The second kappa shape index (κ2) is 9.08. The first-order valence-electron chi connectivity index (χ1n) is 8.66. The van der Waals surface area contributed by atoms with Crippen molar-refractivity contribution in [2.75, 3.05) is 11.9 Å². The molecule has 0 aliphatic rings. The van der Waals surface area contributed by atoms with Gasteiger partial charge in [-0.05, 0) is 36.4 Å². The molecule has 0 atom stereocenters. The molecule has 0 aliphatic carbocycles. The number of alkyl halides is 3. The topological polar surface area (TPSA) is 89.2 Å². The molecule has 2 amide bonds. The summed E-state index contributed by atoms with van der Waals surface area (Å²) >= 11 is 1.46. The van der Waals surface area contributed by atoms with Crippen molar-refractivity contribution < 1.29 is 27.2 Å². The van der Waals surface area contributed by atoms with Crippen LogP contribution < -0.4 is 10.6 Å². The number of amides is 2. The molecule has 0 saturated carbocycles. The fraction of sp³-hybridized carbons (Fsp3) is 0.211. The van der Waals surface area contributed by atoms with Crippen molar-refractivity contribution in [1.82, 2.24) is 14.9 Å². The lowest BCUT2D eigenvalue weighted by molar-refractivity contribution is -0.123. The van der Waals surface area contributed by atoms with E-state index in [0.29, 0.717) is 17.2 Å². The fourth-order valence-corrected chi connectivity index (χ4v) is 3.21. The zero-order chi connectivity index (χ0) is 21.7. The number of imidazole rings is 1. The minimum Gasteiger partial charge on any atom is -0.455 e. The van der Waals surface area contributed by atoms with Crippen LogP contribution in [0, 0.1) is 0 Å². The van der Waals surface area contributed by atoms with Crippen molar-refractivity contribution in [1.29, 1.82) is 0 Å². The Kier molecular flexibility index (Phi) is 6.50. The van der Waals surface area contributed by atoms with Crippen LogP contribution in [0.3, 0.4) is 0 Å². The SMILES string of the molecule is Cn1ccnc1SCc1ccc(C(=O)Nc2ccc(C(=O)NCC(F)(F)F)cc2)o1. The van der Waals surface area contributed by atoms with Crippen LogP contribution in [0.4, 0.5) is 18.9 Å². The molecule has 2 N–H and O–H groups in total. The summed E-state index contributed by atoms with van der Waals surface area (Å²) in [5, 5.41) is 5.20. The maximum absolute atomic E-state index is 12.3. The average Bonchev–Trinajstić information content (AvgIpc) is 3.33. The van der Waals surface area contributed by atoms with Crippen LogP contribution in [-0.2, 0) is 12.8 Å². The molecule has 1 aromatic carbocycles. The zero-order valence-electron chi connectivity index (χ0n) is 15.7. The van der Waals surface area contributed by atoms with E-state index in [1.165, 1.54) is 36.0 Å². The van der Waals surface area contributed by atoms with Crippen LogP contribution in [0.5, 0.6) is 0 Å². The summed E-state index contributed by atoms with van der Waals surface area (Å²) in [6.07, 6.45) is -0.968. The van der Waals surface area contributed by atoms with Gasteiger partial charge in [-0.2, -0.15) is 13.2 Å². The minimum atomic E-state index is -4.48. The molecule has 0 saturated heterocycles. The summed E-state index contributed by atoms with van der Waals surface area (Å²) in [7, 11) is 1.88. The van der Waals surface area contributed by atoms with E-state index < -0.39 is 24.5 Å². The van der Waals surface area contributed by atoms with Gasteiger partial charge in [-0.15, -0.1) is 0 Å². The Labute approximate surface area is 173 Å². The van der Waals surface area contributed by atoms with Gasteiger partial charge in [0.05, 0.1) is 5.75 Å². The lowest BCUT2D eigenvalue weighted by Crippen LogP contribution is -2.33. The third kappa shape index (κ3) is 5.89. The summed E-state index contributed by atoms with van der Waals surface area (Å²) in [6.45, 7) is -1.41. The summed E-state index contributed by atoms with van der Waals surface area (Å²) in [5.74, 6) is -0.134. The monoisotopic (exact) mass is 438 g/mol. The molecule has 2 aromatic heterocycles. The Morgan fingerprint density at radius 1 is 1.13 bits per heavy atom. The van der Waals surface area contributed by atoms with Gasteiger partial charge >= 0.3 is 6.18 Å². The van der Waals surface area contributed by atoms with Gasteiger partial charge in [0.1, 0.15) is 12.3 Å². The highest BCUT2D eigenvalue weighted by Gasteiger charge is 2.27. The van der Waals surface area contributed by atoms with E-state index in [4.69, 9.17) is 4.42 Å². The maximum Gasteiger partial charge on any atom is 0.405 e. The largest absolute Gasteiger partial charge is 0.455 e. The number of hydrogen-bond donors (Lipinski definition) is 2. The average molecular weight is 438 g/mol. The quantitative estimate of drug-likeness (QED) is 0.547. The van der Waals surface area contributed by atoms with Crippen LogP contribution in [0.1, 0.15) is 26.7 Å². The molecule has 0 spiro atoms. The van der Waals surface area contributed by atoms with Crippen LogP contribution in [0.25, 0.3) is 0 Å². The highest BCUT2D eigenvalue weighted by molar-refractivity contribution is 7.98. The van der Waals surface area contributed by atoms with Gasteiger partial charge in [-0.3, -0.25) is 9.59 Å². The van der Waals surface area contributed by atoms with Crippen LogP contribution >= 0.6 is 11.8 Å². The molecule has 0 unspecified atom stereocenters. The van der Waals surface area contributed by atoms with Crippen molar-refractivity contribution >= 4 is 29.3 Å². The molecule has 3 rings (SSSR count). The number of aromatic nitrogens is 2. The number of thioether (sulfide) groups is 1. The van der Waals surface area contributed by atoms with Crippen LogP contribution in [0.2, 0.25) is 0 Å². The first-order chi connectivity index (χ1) is 14.2. The molecular weight excluding hydrogens is 421 g/mol. The van der Waals surface area contributed by atoms with Crippen LogP contribution in [-0.4, -0.2) is 34.1 Å². The molecule has 0 bridgehead atoms. The number of anilines is 1. The lowest BCUT2D eigenvalue weighted by Gasteiger charge is -2.09. The number of benzene rings is 1. The number of furan rings is 1. The number of halogens is 3. The normalized spacial score (nSPS) is 11.3. The Morgan fingerprint density at radius 2 is 1.87 bits per heavy atom. The second-order valence-electron chi connectivity index (χ2n) is 6.20. The van der Waals surface area contributed by atoms with E-state index in [0.717, 1.165) is 5.16 Å². The van der Waals surface area contributed by atoms with Gasteiger partial charge < -0.3 is 19.6 Å². The molecule has 158 valence electrons. The third-order valence-corrected chi connectivity index (χ3v) is 4.94. The molecule has 11 heteroatoms. The van der Waals surface area contributed by atoms with Gasteiger partial charge in [0.2, 0.25) is 0 Å². The zero-order valence-corrected chi connectivity index (χ0v) is 16.5. The first-order valence-corrected chi connectivity index (χ1v) is 9.65. The first kappa shape index (κ1) is 21.5. The Balaban J connectivity index is 1.54. The smallest absolute Gasteiger partial charge is 0.405 e. The van der Waals surface area contributed by atoms with Gasteiger partial charge in [0.15, 0.2) is 10.9 Å². The molecule has 0 aliphatic heterocycles. The van der Waals surface area contributed by atoms with Crippen molar-refractivity contribution in [3.05, 3.63) is 65.9 Å². The number of carbonyl (C=O) groups excluding carboxylic acids is 2. The fourth-order valence-electron chi connectivity index (χ4n) is 2.38. The summed E-state index contributed by atoms with van der Waals surface area (Å²) in [5.41, 5.74) is 0.413. The predicted molar refractivity (Wildman–Crippen MR) is 104 cm³/mol. The molecule has 7 nitrogen and oxygen atoms in total. The van der Waals surface area contributed by atoms with Crippen molar-refractivity contribution in [2.45, 2.75) is 17.1 Å². The highest BCUT2D eigenvalue weighted by atomic mass is 32.2. The molecule has 0 radical (unpaired) electrons. The van der Waals surface area contributed by atoms with Gasteiger partial charge in [-0.25, -0.2) is 4.98 Å². The van der Waals surface area contributed by atoms with E-state index in [-0.39, 0.29) is 11.3 Å². The second-order valence-corrected chi connectivity index (χ2v) is 7.15. The number of nitrogens with zero attached hydrogens (tertiary/aromatic N) is 2. The molecule has 2 heterocycles. The van der Waals surface area contributed by atoms with E-state index in [1.54, 1.807) is 23.6 Å². The minimum absolute atomic E-state index is 0.0452. The predicted octanol–water partition coefficient (Wildman–Crippen LogP) is 3.85. The van der Waals surface area contributed by atoms with Crippen LogP contribution in [0.15, 0.2) is 58.4 Å². The van der Waals surface area contributed by atoms with E-state index in [1.807, 2.05) is 17.8 Å². The summed E-state index contributed by atoms with van der Waals surface area (Å²) in [6, 6.07) is 8.71. The lowest BCUT2D eigenvalue weighted by atomic mass is 10.2. The Morgan fingerprint density at radius 3 is 2.50 bits per heavy atom. The molecule has 30 heavy (non-hydrogen) atoms. The van der Waals surface area contributed by atoms with Crippen molar-refractivity contribution in [2.24, 2.45) is 7.05 Å². The number of aryl methyl sites for hydroxylation is 1. The summed E-state index contributed by atoms with van der Waals surface area (Å²) in [4.78, 5) is 28.2. The number of hydrogen-bond acceptors (Lipinski definition) is 5. The van der Waals surface area contributed by atoms with E-state index >= 15 is 0 Å².